The van der Waals surface area contributed by atoms with Crippen molar-refractivity contribution in [1.29, 1.82) is 0 Å². The van der Waals surface area contributed by atoms with Gasteiger partial charge in [-0.2, -0.15) is 5.10 Å². The van der Waals surface area contributed by atoms with E-state index in [1.807, 2.05) is 36.4 Å². The molecule has 2 amide bonds. The van der Waals surface area contributed by atoms with Gasteiger partial charge in [-0.05, 0) is 12.1 Å². The summed E-state index contributed by atoms with van der Waals surface area (Å²) in [4.78, 5) is 35.7. The molecule has 10 heteroatoms. The van der Waals surface area contributed by atoms with Crippen molar-refractivity contribution in [3.05, 3.63) is 77.7 Å². The summed E-state index contributed by atoms with van der Waals surface area (Å²) in [5, 5.41) is 9.35. The van der Waals surface area contributed by atoms with Gasteiger partial charge in [-0.15, -0.1) is 11.3 Å². The number of H-pyrrole nitrogens is 1. The maximum absolute atomic E-state index is 12.9. The van der Waals surface area contributed by atoms with E-state index < -0.39 is 5.91 Å². The van der Waals surface area contributed by atoms with E-state index in [9.17, 15) is 9.59 Å². The molecular weight excluding hydrogens is 414 g/mol. The third-order valence-corrected chi connectivity index (χ3v) is 5.44. The van der Waals surface area contributed by atoms with Crippen LogP contribution < -0.4 is 11.1 Å². The van der Waals surface area contributed by atoms with Crippen LogP contribution in [0.15, 0.2) is 66.4 Å². The SMILES string of the molecule is NC(=O)c1cc(-c2csc(NC(=O)c3cnn4c(-c5ccccc5)ccnc34)n2)c[nH]1. The van der Waals surface area contributed by atoms with E-state index in [2.05, 4.69) is 25.4 Å². The summed E-state index contributed by atoms with van der Waals surface area (Å²) in [6.07, 6.45) is 4.78. The normalized spacial score (nSPS) is 11.0. The first-order valence-corrected chi connectivity index (χ1v) is 10.1. The second kappa shape index (κ2) is 7.50. The third-order valence-electron chi connectivity index (χ3n) is 4.68. The zero-order valence-corrected chi connectivity index (χ0v) is 16.8. The fourth-order valence-electron chi connectivity index (χ4n) is 3.19. The molecule has 4 heterocycles. The molecule has 5 rings (SSSR count). The van der Waals surface area contributed by atoms with E-state index in [4.69, 9.17) is 5.73 Å². The number of nitrogens with one attached hydrogen (secondary N) is 2. The van der Waals surface area contributed by atoms with Crippen molar-refractivity contribution >= 4 is 33.9 Å². The minimum Gasteiger partial charge on any atom is -0.364 e. The number of nitrogens with two attached hydrogens (primary N) is 1. The Bertz CT molecular complexity index is 1420. The number of carbonyl (C=O) groups is 2. The molecule has 4 N–H and O–H groups in total. The predicted octanol–water partition coefficient (Wildman–Crippen LogP) is 3.20. The van der Waals surface area contributed by atoms with Gasteiger partial charge >= 0.3 is 0 Å². The number of hydrogen-bond donors (Lipinski definition) is 3. The quantitative estimate of drug-likeness (QED) is 0.395. The third kappa shape index (κ3) is 3.45. The molecular formula is C21H15N7O2S. The zero-order chi connectivity index (χ0) is 21.4. The second-order valence-corrected chi connectivity index (χ2v) is 7.51. The lowest BCUT2D eigenvalue weighted by Gasteiger charge is -2.05. The van der Waals surface area contributed by atoms with Crippen LogP contribution in [0.5, 0.6) is 0 Å². The predicted molar refractivity (Wildman–Crippen MR) is 117 cm³/mol. The van der Waals surface area contributed by atoms with E-state index in [-0.39, 0.29) is 5.91 Å². The lowest BCUT2D eigenvalue weighted by Crippen LogP contribution is -2.12. The fraction of sp³-hybridized carbons (Fsp3) is 0. The number of benzene rings is 1. The number of amides is 2. The molecule has 0 aliphatic rings. The molecule has 0 saturated carbocycles. The molecule has 0 bridgehead atoms. The number of hydrogen-bond acceptors (Lipinski definition) is 6. The highest BCUT2D eigenvalue weighted by Gasteiger charge is 2.18. The van der Waals surface area contributed by atoms with Crippen molar-refractivity contribution in [2.45, 2.75) is 0 Å². The highest BCUT2D eigenvalue weighted by atomic mass is 32.1. The van der Waals surface area contributed by atoms with E-state index in [0.29, 0.717) is 33.3 Å². The van der Waals surface area contributed by atoms with Gasteiger partial charge in [0.25, 0.3) is 11.8 Å². The Morgan fingerprint density at radius 2 is 1.97 bits per heavy atom. The van der Waals surface area contributed by atoms with Crippen molar-refractivity contribution in [2.24, 2.45) is 5.73 Å². The molecule has 0 unspecified atom stereocenters. The van der Waals surface area contributed by atoms with E-state index in [1.54, 1.807) is 28.4 Å². The molecule has 0 radical (unpaired) electrons. The van der Waals surface area contributed by atoms with E-state index in [0.717, 1.165) is 11.3 Å². The Morgan fingerprint density at radius 3 is 2.74 bits per heavy atom. The summed E-state index contributed by atoms with van der Waals surface area (Å²) in [7, 11) is 0. The molecule has 0 aliphatic heterocycles. The number of fused-ring (bicyclic) bond motifs is 1. The number of carbonyl (C=O) groups excluding carboxylic acids is 2. The Hall–Kier alpha value is -4.31. The van der Waals surface area contributed by atoms with Gasteiger partial charge < -0.3 is 10.7 Å². The van der Waals surface area contributed by atoms with Gasteiger partial charge in [0, 0.05) is 28.9 Å². The van der Waals surface area contributed by atoms with Crippen LogP contribution >= 0.6 is 11.3 Å². The minimum atomic E-state index is -0.550. The highest BCUT2D eigenvalue weighted by molar-refractivity contribution is 7.14. The summed E-state index contributed by atoms with van der Waals surface area (Å²) in [5.74, 6) is -0.911. The Labute approximate surface area is 179 Å². The summed E-state index contributed by atoms with van der Waals surface area (Å²) in [6.45, 7) is 0. The number of primary amides is 1. The zero-order valence-electron chi connectivity index (χ0n) is 15.9. The van der Waals surface area contributed by atoms with Crippen LogP contribution in [0.3, 0.4) is 0 Å². The monoisotopic (exact) mass is 429 g/mol. The summed E-state index contributed by atoms with van der Waals surface area (Å²) >= 11 is 1.27. The smallest absolute Gasteiger partial charge is 0.265 e. The Kier molecular flexibility index (Phi) is 4.53. The molecule has 5 aromatic rings. The summed E-state index contributed by atoms with van der Waals surface area (Å²) in [5.41, 5.74) is 9.47. The van der Waals surface area contributed by atoms with Gasteiger partial charge in [0.2, 0.25) is 0 Å². The van der Waals surface area contributed by atoms with E-state index >= 15 is 0 Å². The van der Waals surface area contributed by atoms with Crippen LogP contribution in [-0.2, 0) is 0 Å². The number of anilines is 1. The van der Waals surface area contributed by atoms with Gasteiger partial charge in [-0.1, -0.05) is 30.3 Å². The molecule has 0 aliphatic carbocycles. The molecule has 0 spiro atoms. The first-order chi connectivity index (χ1) is 15.1. The van der Waals surface area contributed by atoms with Gasteiger partial charge in [0.15, 0.2) is 10.8 Å². The van der Waals surface area contributed by atoms with Crippen LogP contribution in [0.1, 0.15) is 20.8 Å². The maximum Gasteiger partial charge on any atom is 0.265 e. The van der Waals surface area contributed by atoms with Crippen molar-refractivity contribution in [3.63, 3.8) is 0 Å². The van der Waals surface area contributed by atoms with Crippen molar-refractivity contribution in [1.82, 2.24) is 24.6 Å². The van der Waals surface area contributed by atoms with Gasteiger partial charge in [-0.25, -0.2) is 14.5 Å². The minimum absolute atomic E-state index is 0.292. The van der Waals surface area contributed by atoms with Crippen LogP contribution in [0.25, 0.3) is 28.2 Å². The number of aromatic amines is 1. The van der Waals surface area contributed by atoms with Crippen molar-refractivity contribution in [3.8, 4) is 22.5 Å². The van der Waals surface area contributed by atoms with Gasteiger partial charge in [-0.3, -0.25) is 14.9 Å². The maximum atomic E-state index is 12.9. The first kappa shape index (κ1) is 18.7. The van der Waals surface area contributed by atoms with Crippen molar-refractivity contribution in [2.75, 3.05) is 5.32 Å². The van der Waals surface area contributed by atoms with Crippen LogP contribution in [-0.4, -0.2) is 36.4 Å². The molecule has 1 aromatic carbocycles. The van der Waals surface area contributed by atoms with Crippen molar-refractivity contribution < 1.29 is 9.59 Å². The van der Waals surface area contributed by atoms with Crippen LogP contribution in [0.4, 0.5) is 5.13 Å². The second-order valence-electron chi connectivity index (χ2n) is 6.65. The standard InChI is InChI=1S/C21H15N7O2S/c22-18(29)15-8-13(9-24-15)16-11-31-21(26-16)27-20(30)14-10-25-28-17(6-7-23-19(14)28)12-4-2-1-3-5-12/h1-11,24H,(H2,22,29)(H,26,27,30). The van der Waals surface area contributed by atoms with Crippen LogP contribution in [0, 0.1) is 0 Å². The molecule has 31 heavy (non-hydrogen) atoms. The molecule has 0 atom stereocenters. The largest absolute Gasteiger partial charge is 0.364 e. The summed E-state index contributed by atoms with van der Waals surface area (Å²) < 4.78 is 1.64. The summed E-state index contributed by atoms with van der Waals surface area (Å²) in [6, 6.07) is 13.2. The number of rotatable bonds is 5. The number of aromatic nitrogens is 5. The average Bonchev–Trinajstić information content (AvgIpc) is 3.53. The van der Waals surface area contributed by atoms with E-state index in [1.165, 1.54) is 17.5 Å². The van der Waals surface area contributed by atoms with Crippen LogP contribution in [0.2, 0.25) is 0 Å². The molecule has 0 saturated heterocycles. The Morgan fingerprint density at radius 1 is 1.13 bits per heavy atom. The lowest BCUT2D eigenvalue weighted by atomic mass is 10.1. The number of thiazole rings is 1. The highest BCUT2D eigenvalue weighted by Crippen LogP contribution is 2.26. The fourth-order valence-corrected chi connectivity index (χ4v) is 3.91. The molecule has 152 valence electrons. The molecule has 0 fully saturated rings. The Balaban J connectivity index is 1.41. The molecule has 9 nitrogen and oxygen atoms in total. The van der Waals surface area contributed by atoms with Gasteiger partial charge in [0.05, 0.1) is 17.6 Å². The molecule has 4 aromatic heterocycles. The topological polar surface area (TPSA) is 131 Å². The average molecular weight is 429 g/mol. The number of nitrogens with zero attached hydrogens (tertiary/aromatic N) is 4. The first-order valence-electron chi connectivity index (χ1n) is 9.24. The van der Waals surface area contributed by atoms with Gasteiger partial charge in [0.1, 0.15) is 11.3 Å². The lowest BCUT2D eigenvalue weighted by molar-refractivity contribution is 0.0994.